The Morgan fingerprint density at radius 2 is 1.56 bits per heavy atom. The topological polar surface area (TPSA) is 39.2 Å². The van der Waals surface area contributed by atoms with Gasteiger partial charge in [0.1, 0.15) is 5.69 Å². The molecule has 0 amide bonds. The quantitative estimate of drug-likeness (QED) is 0.752. The van der Waals surface area contributed by atoms with E-state index in [-0.39, 0.29) is 11.4 Å². The normalized spacial score (nSPS) is 32.6. The maximum Gasteiger partial charge on any atom is 0.317 e. The lowest BCUT2D eigenvalue weighted by atomic mass is 9.49. The molecule has 0 radical (unpaired) electrons. The van der Waals surface area contributed by atoms with Crippen LogP contribution in [0, 0.1) is 23.2 Å². The minimum atomic E-state index is -0.238. The van der Waals surface area contributed by atoms with Crippen molar-refractivity contribution in [3.05, 3.63) is 48.7 Å². The summed E-state index contributed by atoms with van der Waals surface area (Å²) in [6, 6.07) is 13.7. The van der Waals surface area contributed by atoms with Crippen molar-refractivity contribution < 1.29 is 9.53 Å². The van der Waals surface area contributed by atoms with Gasteiger partial charge in [0.15, 0.2) is 5.75 Å². The number of benzene rings is 1. The minimum absolute atomic E-state index is 0.0169. The van der Waals surface area contributed by atoms with Gasteiger partial charge in [-0.3, -0.25) is 9.78 Å². The first-order valence-corrected chi connectivity index (χ1v) is 9.45. The first kappa shape index (κ1) is 15.1. The molecule has 6 rings (SSSR count). The van der Waals surface area contributed by atoms with Crippen LogP contribution in [-0.2, 0) is 4.79 Å². The van der Waals surface area contributed by atoms with E-state index < -0.39 is 0 Å². The third-order valence-corrected chi connectivity index (χ3v) is 6.49. The number of esters is 1. The van der Waals surface area contributed by atoms with Crippen molar-refractivity contribution in [1.29, 1.82) is 0 Å². The van der Waals surface area contributed by atoms with Crippen LogP contribution in [0.4, 0.5) is 0 Å². The van der Waals surface area contributed by atoms with Crippen molar-refractivity contribution in [1.82, 2.24) is 4.98 Å². The molecule has 3 heteroatoms. The number of hydrogen-bond acceptors (Lipinski definition) is 3. The SMILES string of the molecule is O=C(Oc1cccnc1-c1ccccc1)C12CC3CC(CC(C3)C1)C2. The molecule has 1 heterocycles. The highest BCUT2D eigenvalue weighted by atomic mass is 16.5. The fraction of sp³-hybridized carbons (Fsp3) is 0.455. The summed E-state index contributed by atoms with van der Waals surface area (Å²) in [5.74, 6) is 2.79. The highest BCUT2D eigenvalue weighted by molar-refractivity contribution is 5.82. The van der Waals surface area contributed by atoms with Crippen LogP contribution in [-0.4, -0.2) is 11.0 Å². The Kier molecular flexibility index (Phi) is 3.44. The second kappa shape index (κ2) is 5.69. The molecule has 0 saturated heterocycles. The van der Waals surface area contributed by atoms with E-state index in [0.717, 1.165) is 48.3 Å². The number of nitrogens with zero attached hydrogens (tertiary/aromatic N) is 1. The van der Waals surface area contributed by atoms with Crippen LogP contribution in [0.2, 0.25) is 0 Å². The lowest BCUT2D eigenvalue weighted by Gasteiger charge is -2.55. The summed E-state index contributed by atoms with van der Waals surface area (Å²) in [7, 11) is 0. The molecule has 3 nitrogen and oxygen atoms in total. The standard InChI is InChI=1S/C22H23NO2/c24-21(22-12-15-9-16(13-22)11-17(10-15)14-22)25-19-7-4-8-23-20(19)18-5-2-1-3-6-18/h1-8,15-17H,9-14H2. The van der Waals surface area contributed by atoms with Crippen molar-refractivity contribution in [2.75, 3.05) is 0 Å². The number of aromatic nitrogens is 1. The number of pyridine rings is 1. The summed E-state index contributed by atoms with van der Waals surface area (Å²) >= 11 is 0. The van der Waals surface area contributed by atoms with Crippen LogP contribution in [0.5, 0.6) is 5.75 Å². The van der Waals surface area contributed by atoms with Crippen molar-refractivity contribution in [2.45, 2.75) is 38.5 Å². The largest absolute Gasteiger partial charge is 0.424 e. The van der Waals surface area contributed by atoms with Crippen LogP contribution in [0.3, 0.4) is 0 Å². The maximum absolute atomic E-state index is 13.2. The molecule has 25 heavy (non-hydrogen) atoms. The van der Waals surface area contributed by atoms with Crippen molar-refractivity contribution >= 4 is 5.97 Å². The highest BCUT2D eigenvalue weighted by Crippen LogP contribution is 2.60. The average Bonchev–Trinajstić information content (AvgIpc) is 2.62. The highest BCUT2D eigenvalue weighted by Gasteiger charge is 2.55. The molecule has 0 spiro atoms. The zero-order valence-corrected chi connectivity index (χ0v) is 14.4. The molecule has 4 aliphatic carbocycles. The van der Waals surface area contributed by atoms with Gasteiger partial charge in [-0.25, -0.2) is 0 Å². The molecule has 4 bridgehead atoms. The van der Waals surface area contributed by atoms with Gasteiger partial charge in [0.05, 0.1) is 5.41 Å². The van der Waals surface area contributed by atoms with Gasteiger partial charge in [-0.15, -0.1) is 0 Å². The van der Waals surface area contributed by atoms with Gasteiger partial charge in [0.2, 0.25) is 0 Å². The molecule has 0 N–H and O–H groups in total. The molecule has 0 atom stereocenters. The Morgan fingerprint density at radius 1 is 0.920 bits per heavy atom. The summed E-state index contributed by atoms with van der Waals surface area (Å²) in [5.41, 5.74) is 1.50. The van der Waals surface area contributed by atoms with E-state index in [2.05, 4.69) is 4.98 Å². The number of hydrogen-bond donors (Lipinski definition) is 0. The Morgan fingerprint density at radius 3 is 2.20 bits per heavy atom. The van der Waals surface area contributed by atoms with Gasteiger partial charge >= 0.3 is 5.97 Å². The van der Waals surface area contributed by atoms with E-state index in [1.54, 1.807) is 6.20 Å². The van der Waals surface area contributed by atoms with Gasteiger partial charge < -0.3 is 4.74 Å². The summed E-state index contributed by atoms with van der Waals surface area (Å²) in [6.45, 7) is 0. The summed E-state index contributed by atoms with van der Waals surface area (Å²) in [4.78, 5) is 17.7. The Balaban J connectivity index is 1.44. The van der Waals surface area contributed by atoms with Crippen molar-refractivity contribution in [3.8, 4) is 17.0 Å². The third-order valence-electron chi connectivity index (χ3n) is 6.49. The molecule has 0 unspecified atom stereocenters. The monoisotopic (exact) mass is 333 g/mol. The van der Waals surface area contributed by atoms with Crippen molar-refractivity contribution in [2.24, 2.45) is 23.2 Å². The van der Waals surface area contributed by atoms with Gasteiger partial charge in [0, 0.05) is 11.8 Å². The predicted molar refractivity (Wildman–Crippen MR) is 95.9 cm³/mol. The first-order valence-electron chi connectivity index (χ1n) is 9.45. The van der Waals surface area contributed by atoms with E-state index in [1.807, 2.05) is 42.5 Å². The summed E-state index contributed by atoms with van der Waals surface area (Å²) < 4.78 is 5.98. The maximum atomic E-state index is 13.2. The molecule has 4 aliphatic rings. The average molecular weight is 333 g/mol. The van der Waals surface area contributed by atoms with Crippen LogP contribution < -0.4 is 4.74 Å². The van der Waals surface area contributed by atoms with Gasteiger partial charge in [-0.2, -0.15) is 0 Å². The Bertz CT molecular complexity index is 763. The van der Waals surface area contributed by atoms with E-state index in [9.17, 15) is 4.79 Å². The van der Waals surface area contributed by atoms with Gasteiger partial charge in [-0.05, 0) is 68.4 Å². The Labute approximate surface area is 148 Å². The number of carbonyl (C=O) groups excluding carboxylic acids is 1. The van der Waals surface area contributed by atoms with E-state index in [1.165, 1.54) is 19.3 Å². The number of ether oxygens (including phenoxy) is 1. The number of carbonyl (C=O) groups is 1. The lowest BCUT2D eigenvalue weighted by molar-refractivity contribution is -0.161. The zero-order chi connectivity index (χ0) is 16.9. The summed E-state index contributed by atoms with van der Waals surface area (Å²) in [5, 5.41) is 0. The van der Waals surface area contributed by atoms with E-state index >= 15 is 0 Å². The van der Waals surface area contributed by atoms with Crippen LogP contribution in [0.1, 0.15) is 38.5 Å². The van der Waals surface area contributed by atoms with Gasteiger partial charge in [0.25, 0.3) is 0 Å². The molecule has 0 aliphatic heterocycles. The van der Waals surface area contributed by atoms with Crippen LogP contribution in [0.15, 0.2) is 48.7 Å². The van der Waals surface area contributed by atoms with Crippen LogP contribution >= 0.6 is 0 Å². The molecular weight excluding hydrogens is 310 g/mol. The lowest BCUT2D eigenvalue weighted by Crippen LogP contribution is -2.51. The zero-order valence-electron chi connectivity index (χ0n) is 14.4. The van der Waals surface area contributed by atoms with Crippen molar-refractivity contribution in [3.63, 3.8) is 0 Å². The third kappa shape index (κ3) is 2.57. The van der Waals surface area contributed by atoms with E-state index in [4.69, 9.17) is 4.74 Å². The molecule has 4 fully saturated rings. The second-order valence-electron chi connectivity index (χ2n) is 8.30. The fourth-order valence-corrected chi connectivity index (χ4v) is 5.85. The fourth-order valence-electron chi connectivity index (χ4n) is 5.85. The van der Waals surface area contributed by atoms with Crippen LogP contribution in [0.25, 0.3) is 11.3 Å². The molecule has 1 aromatic heterocycles. The summed E-state index contributed by atoms with van der Waals surface area (Å²) in [6.07, 6.45) is 8.82. The predicted octanol–water partition coefficient (Wildman–Crippen LogP) is 4.87. The molecule has 128 valence electrons. The Hall–Kier alpha value is -2.16. The van der Waals surface area contributed by atoms with Gasteiger partial charge in [-0.1, -0.05) is 30.3 Å². The molecular formula is C22H23NO2. The second-order valence-corrected chi connectivity index (χ2v) is 8.30. The smallest absolute Gasteiger partial charge is 0.317 e. The molecule has 1 aromatic carbocycles. The first-order chi connectivity index (χ1) is 12.2. The molecule has 2 aromatic rings. The minimum Gasteiger partial charge on any atom is -0.424 e. The number of rotatable bonds is 3. The molecule has 4 saturated carbocycles. The van der Waals surface area contributed by atoms with E-state index in [0.29, 0.717) is 5.75 Å².